The average Bonchev–Trinajstić information content (AvgIpc) is 2.59. The minimum atomic E-state index is -0.0443. The van der Waals surface area contributed by atoms with Gasteiger partial charge in [-0.3, -0.25) is 4.79 Å². The van der Waals surface area contributed by atoms with Gasteiger partial charge in [-0.05, 0) is 46.6 Å². The molecule has 0 saturated heterocycles. The molecule has 2 rings (SSSR count). The zero-order valence-corrected chi connectivity index (χ0v) is 18.1. The summed E-state index contributed by atoms with van der Waals surface area (Å²) in [5, 5.41) is 0. The smallest absolute Gasteiger partial charge is 0.253 e. The molecule has 0 atom stereocenters. The van der Waals surface area contributed by atoms with Crippen molar-refractivity contribution in [2.24, 2.45) is 0 Å². The van der Waals surface area contributed by atoms with Crippen molar-refractivity contribution in [1.82, 2.24) is 0 Å². The van der Waals surface area contributed by atoms with Crippen LogP contribution < -0.4 is 4.90 Å². The average molecular weight is 364 g/mol. The summed E-state index contributed by atoms with van der Waals surface area (Å²) in [7, 11) is 1.88. The fourth-order valence-corrected chi connectivity index (χ4v) is 3.14. The molecule has 0 aromatic heterocycles. The molecule has 0 aliphatic carbocycles. The van der Waals surface area contributed by atoms with E-state index < -0.39 is 0 Å². The van der Waals surface area contributed by atoms with Crippen LogP contribution in [0.15, 0.2) is 54.1 Å². The second-order valence-corrected chi connectivity index (χ2v) is 9.33. The summed E-state index contributed by atoms with van der Waals surface area (Å²) in [6.07, 6.45) is 1.95. The number of benzene rings is 2. The number of rotatable bonds is 3. The van der Waals surface area contributed by atoms with Crippen LogP contribution in [0.5, 0.6) is 0 Å². The molecule has 2 aromatic rings. The monoisotopic (exact) mass is 363 g/mol. The van der Waals surface area contributed by atoms with Crippen molar-refractivity contribution in [1.29, 1.82) is 0 Å². The second-order valence-electron chi connectivity index (χ2n) is 9.33. The molecule has 1 amide bonds. The Balaban J connectivity index is 2.48. The summed E-state index contributed by atoms with van der Waals surface area (Å²) >= 11 is 0. The van der Waals surface area contributed by atoms with Gasteiger partial charge in [-0.1, -0.05) is 84.0 Å². The molecule has 0 spiro atoms. The number of hydrogen-bond acceptors (Lipinski definition) is 1. The molecular formula is C25H33NO. The predicted molar refractivity (Wildman–Crippen MR) is 117 cm³/mol. The normalized spacial score (nSPS) is 12.8. The van der Waals surface area contributed by atoms with Crippen LogP contribution in [0.2, 0.25) is 0 Å². The van der Waals surface area contributed by atoms with E-state index in [1.165, 1.54) is 11.1 Å². The molecule has 0 bridgehead atoms. The third-order valence-electron chi connectivity index (χ3n) is 4.86. The Kier molecular flexibility index (Phi) is 5.99. The van der Waals surface area contributed by atoms with Gasteiger partial charge in [0.2, 0.25) is 0 Å². The molecule has 0 aliphatic heterocycles. The molecule has 0 aliphatic rings. The maximum Gasteiger partial charge on any atom is 0.253 e. The van der Waals surface area contributed by atoms with E-state index in [-0.39, 0.29) is 16.7 Å². The lowest BCUT2D eigenvalue weighted by Gasteiger charge is -2.30. The quantitative estimate of drug-likeness (QED) is 0.582. The third-order valence-corrected chi connectivity index (χ3v) is 4.86. The van der Waals surface area contributed by atoms with Crippen LogP contribution in [0, 0.1) is 0 Å². The van der Waals surface area contributed by atoms with E-state index in [1.807, 2.05) is 50.4 Å². The van der Waals surface area contributed by atoms with E-state index in [2.05, 4.69) is 59.7 Å². The molecule has 0 unspecified atom stereocenters. The first-order valence-corrected chi connectivity index (χ1v) is 9.57. The van der Waals surface area contributed by atoms with Gasteiger partial charge in [0.1, 0.15) is 0 Å². The lowest BCUT2D eigenvalue weighted by atomic mass is 9.80. The van der Waals surface area contributed by atoms with Gasteiger partial charge in [0.15, 0.2) is 0 Å². The van der Waals surface area contributed by atoms with Gasteiger partial charge < -0.3 is 4.90 Å². The lowest BCUT2D eigenvalue weighted by molar-refractivity contribution is -0.114. The number of anilines is 1. The van der Waals surface area contributed by atoms with E-state index in [4.69, 9.17) is 0 Å². The van der Waals surface area contributed by atoms with Crippen molar-refractivity contribution in [3.8, 4) is 0 Å². The highest BCUT2D eigenvalue weighted by atomic mass is 16.2. The molecule has 0 N–H and O–H groups in total. The highest BCUT2D eigenvalue weighted by molar-refractivity contribution is 6.08. The van der Waals surface area contributed by atoms with Gasteiger partial charge in [0.25, 0.3) is 5.91 Å². The zero-order chi connectivity index (χ0) is 20.4. The number of hydrogen-bond donors (Lipinski definition) is 0. The van der Waals surface area contributed by atoms with Crippen molar-refractivity contribution in [3.63, 3.8) is 0 Å². The van der Waals surface area contributed by atoms with Crippen molar-refractivity contribution >= 4 is 17.7 Å². The number of likely N-dealkylation sites (N-methyl/N-ethyl adjacent to an activating group) is 1. The topological polar surface area (TPSA) is 20.3 Å². The van der Waals surface area contributed by atoms with E-state index in [9.17, 15) is 4.79 Å². The standard InChI is InChI=1S/C25H33NO/c1-18(16-19-12-10-9-11-13-19)23(27)26(8)22-17-20(24(2,3)4)14-15-21(22)25(5,6)7/h9-17H,1-8H3/b18-16+. The predicted octanol–water partition coefficient (Wildman–Crippen LogP) is 6.35. The molecule has 2 nitrogen and oxygen atoms in total. The third kappa shape index (κ3) is 5.09. The molecule has 0 heterocycles. The first-order valence-electron chi connectivity index (χ1n) is 9.57. The van der Waals surface area contributed by atoms with Gasteiger partial charge in [-0.2, -0.15) is 0 Å². The molecule has 0 fully saturated rings. The first-order chi connectivity index (χ1) is 12.4. The Bertz CT molecular complexity index is 833. The van der Waals surface area contributed by atoms with Crippen LogP contribution >= 0.6 is 0 Å². The van der Waals surface area contributed by atoms with E-state index >= 15 is 0 Å². The summed E-state index contributed by atoms with van der Waals surface area (Å²) in [4.78, 5) is 14.9. The fraction of sp³-hybridized carbons (Fsp3) is 0.400. The number of carbonyl (C=O) groups is 1. The van der Waals surface area contributed by atoms with Gasteiger partial charge in [0.05, 0.1) is 0 Å². The molecule has 27 heavy (non-hydrogen) atoms. The summed E-state index contributed by atoms with van der Waals surface area (Å²) in [5.41, 5.74) is 5.15. The first kappa shape index (κ1) is 21.0. The van der Waals surface area contributed by atoms with Gasteiger partial charge in [0, 0.05) is 18.3 Å². The van der Waals surface area contributed by atoms with E-state index in [1.54, 1.807) is 4.90 Å². The van der Waals surface area contributed by atoms with Crippen LogP contribution in [0.1, 0.15) is 65.2 Å². The van der Waals surface area contributed by atoms with Crippen LogP contribution in [-0.2, 0) is 15.6 Å². The van der Waals surface area contributed by atoms with Gasteiger partial charge >= 0.3 is 0 Å². The number of nitrogens with zero attached hydrogens (tertiary/aromatic N) is 1. The Morgan fingerprint density at radius 3 is 2.00 bits per heavy atom. The Morgan fingerprint density at radius 2 is 1.48 bits per heavy atom. The fourth-order valence-electron chi connectivity index (χ4n) is 3.14. The molecular weight excluding hydrogens is 330 g/mol. The minimum Gasteiger partial charge on any atom is -0.311 e. The van der Waals surface area contributed by atoms with Crippen molar-refractivity contribution in [2.45, 2.75) is 59.3 Å². The molecule has 2 heteroatoms. The van der Waals surface area contributed by atoms with Gasteiger partial charge in [-0.25, -0.2) is 0 Å². The van der Waals surface area contributed by atoms with Crippen LogP contribution in [0.4, 0.5) is 5.69 Å². The van der Waals surface area contributed by atoms with E-state index in [0.717, 1.165) is 16.8 Å². The number of carbonyl (C=O) groups excluding carboxylic acids is 1. The summed E-state index contributed by atoms with van der Waals surface area (Å²) in [5.74, 6) is 0.0235. The Hall–Kier alpha value is -2.35. The largest absolute Gasteiger partial charge is 0.311 e. The highest BCUT2D eigenvalue weighted by Gasteiger charge is 2.25. The zero-order valence-electron chi connectivity index (χ0n) is 18.1. The summed E-state index contributed by atoms with van der Waals surface area (Å²) in [6.45, 7) is 15.0. The molecule has 2 aromatic carbocycles. The maximum absolute atomic E-state index is 13.1. The molecule has 0 saturated carbocycles. The van der Waals surface area contributed by atoms with Gasteiger partial charge in [-0.15, -0.1) is 0 Å². The summed E-state index contributed by atoms with van der Waals surface area (Å²) < 4.78 is 0. The second kappa shape index (κ2) is 7.72. The number of amides is 1. The van der Waals surface area contributed by atoms with Crippen molar-refractivity contribution in [3.05, 3.63) is 70.8 Å². The van der Waals surface area contributed by atoms with Crippen LogP contribution in [0.25, 0.3) is 6.08 Å². The Labute approximate surface area is 164 Å². The van der Waals surface area contributed by atoms with Crippen molar-refractivity contribution < 1.29 is 4.79 Å². The SMILES string of the molecule is C/C(=C\c1ccccc1)C(=O)N(C)c1cc(C(C)(C)C)ccc1C(C)(C)C. The molecule has 0 radical (unpaired) electrons. The van der Waals surface area contributed by atoms with Crippen LogP contribution in [-0.4, -0.2) is 13.0 Å². The summed E-state index contributed by atoms with van der Waals surface area (Å²) in [6, 6.07) is 16.5. The van der Waals surface area contributed by atoms with E-state index in [0.29, 0.717) is 0 Å². The maximum atomic E-state index is 13.1. The van der Waals surface area contributed by atoms with Crippen LogP contribution in [0.3, 0.4) is 0 Å². The van der Waals surface area contributed by atoms with Crippen molar-refractivity contribution in [2.75, 3.05) is 11.9 Å². The molecule has 144 valence electrons. The highest BCUT2D eigenvalue weighted by Crippen LogP contribution is 2.36. The minimum absolute atomic E-state index is 0.0235. The Morgan fingerprint density at radius 1 is 0.889 bits per heavy atom. The lowest BCUT2D eigenvalue weighted by Crippen LogP contribution is -2.30.